The number of nitrogens with zero attached hydrogens (tertiary/aromatic N) is 1. The Bertz CT molecular complexity index is 994. The minimum absolute atomic E-state index is 0.240. The highest BCUT2D eigenvalue weighted by molar-refractivity contribution is 5.95. The molecule has 1 aliphatic rings. The monoisotopic (exact) mass is 479 g/mol. The Morgan fingerprint density at radius 3 is 2.54 bits per heavy atom. The maximum atomic E-state index is 12.4. The van der Waals surface area contributed by atoms with Crippen molar-refractivity contribution in [1.29, 1.82) is 0 Å². The van der Waals surface area contributed by atoms with Crippen LogP contribution >= 0.6 is 0 Å². The second-order valence-corrected chi connectivity index (χ2v) is 9.67. The van der Waals surface area contributed by atoms with Crippen molar-refractivity contribution in [3.8, 4) is 16.9 Å². The van der Waals surface area contributed by atoms with Crippen molar-refractivity contribution in [2.24, 2.45) is 5.92 Å². The van der Waals surface area contributed by atoms with Gasteiger partial charge in [0.1, 0.15) is 12.4 Å². The third kappa shape index (κ3) is 7.60. The van der Waals surface area contributed by atoms with Crippen LogP contribution in [-0.2, 0) is 14.3 Å². The average Bonchev–Trinajstić information content (AvgIpc) is 2.84. The lowest BCUT2D eigenvalue weighted by Crippen LogP contribution is -2.30. The second-order valence-electron chi connectivity index (χ2n) is 9.67. The molecule has 0 spiro atoms. The van der Waals surface area contributed by atoms with Gasteiger partial charge >= 0.3 is 5.97 Å². The summed E-state index contributed by atoms with van der Waals surface area (Å²) in [6.07, 6.45) is 5.89. The number of rotatable bonds is 11. The van der Waals surface area contributed by atoms with Gasteiger partial charge in [0.2, 0.25) is 0 Å². The first kappa shape index (κ1) is 26.8. The van der Waals surface area contributed by atoms with Crippen LogP contribution in [0.15, 0.2) is 42.0 Å². The molecule has 0 bridgehead atoms. The Morgan fingerprint density at radius 1 is 1.09 bits per heavy atom. The molecule has 2 aromatic carbocycles. The zero-order valence-electron chi connectivity index (χ0n) is 22.1. The number of fused-ring (bicyclic) bond motifs is 1. The Morgan fingerprint density at radius 2 is 1.86 bits per heavy atom. The van der Waals surface area contributed by atoms with Crippen molar-refractivity contribution in [3.05, 3.63) is 53.1 Å². The number of hydrogen-bond donors (Lipinski definition) is 0. The molecule has 190 valence electrons. The van der Waals surface area contributed by atoms with E-state index in [2.05, 4.69) is 56.9 Å². The summed E-state index contributed by atoms with van der Waals surface area (Å²) >= 11 is 0. The zero-order valence-corrected chi connectivity index (χ0v) is 22.1. The molecule has 0 saturated heterocycles. The zero-order chi connectivity index (χ0) is 25.2. The number of unbranched alkanes of at least 4 members (excludes halogenated alkanes) is 1. The molecule has 0 N–H and O–H groups in total. The molecule has 1 aliphatic heterocycles. The van der Waals surface area contributed by atoms with Gasteiger partial charge in [-0.15, -0.1) is 0 Å². The standard InChI is InChI=1S/C30H41NO4/c1-6-7-15-34-16-17-35-27-12-10-24(11-13-27)28-20-26-19-25(30(32)33-5)9-8-14-31(21-22(2)3)29(26)18-23(28)4/h10-13,18-20,22H,6-9,14-17,21H2,1-5H3/b25-19+. The van der Waals surface area contributed by atoms with Gasteiger partial charge in [-0.25, -0.2) is 4.79 Å². The molecule has 35 heavy (non-hydrogen) atoms. The molecule has 0 saturated carbocycles. The van der Waals surface area contributed by atoms with E-state index in [1.807, 2.05) is 18.2 Å². The van der Waals surface area contributed by atoms with Gasteiger partial charge in [-0.05, 0) is 84.7 Å². The number of aryl methyl sites for hydroxylation is 1. The summed E-state index contributed by atoms with van der Waals surface area (Å²) in [6, 6.07) is 12.7. The van der Waals surface area contributed by atoms with Gasteiger partial charge < -0.3 is 19.1 Å². The van der Waals surface area contributed by atoms with Gasteiger partial charge in [0.15, 0.2) is 0 Å². The van der Waals surface area contributed by atoms with Gasteiger partial charge in [0.05, 0.1) is 13.7 Å². The minimum atomic E-state index is -0.240. The maximum Gasteiger partial charge on any atom is 0.333 e. The smallest absolute Gasteiger partial charge is 0.333 e. The number of esters is 1. The molecular weight excluding hydrogens is 438 g/mol. The van der Waals surface area contributed by atoms with Crippen molar-refractivity contribution >= 4 is 17.7 Å². The molecule has 5 heteroatoms. The van der Waals surface area contributed by atoms with Crippen molar-refractivity contribution in [2.75, 3.05) is 44.9 Å². The summed E-state index contributed by atoms with van der Waals surface area (Å²) in [6.45, 7) is 12.7. The lowest BCUT2D eigenvalue weighted by molar-refractivity contribution is -0.136. The van der Waals surface area contributed by atoms with Crippen LogP contribution < -0.4 is 9.64 Å². The fraction of sp³-hybridized carbons (Fsp3) is 0.500. The van der Waals surface area contributed by atoms with Crippen molar-refractivity contribution < 1.29 is 19.0 Å². The molecule has 3 rings (SSSR count). The van der Waals surface area contributed by atoms with E-state index < -0.39 is 0 Å². The van der Waals surface area contributed by atoms with Crippen molar-refractivity contribution in [3.63, 3.8) is 0 Å². The second kappa shape index (κ2) is 13.3. The van der Waals surface area contributed by atoms with E-state index >= 15 is 0 Å². The van der Waals surface area contributed by atoms with E-state index in [1.165, 1.54) is 18.4 Å². The molecule has 0 radical (unpaired) electrons. The van der Waals surface area contributed by atoms with E-state index in [1.54, 1.807) is 0 Å². The van der Waals surface area contributed by atoms with Crippen LogP contribution in [0.25, 0.3) is 17.2 Å². The molecule has 2 aromatic rings. The summed E-state index contributed by atoms with van der Waals surface area (Å²) in [5, 5.41) is 0. The highest BCUT2D eigenvalue weighted by Crippen LogP contribution is 2.35. The van der Waals surface area contributed by atoms with Crippen LogP contribution in [-0.4, -0.2) is 46.0 Å². The van der Waals surface area contributed by atoms with Crippen molar-refractivity contribution in [1.82, 2.24) is 0 Å². The Balaban J connectivity index is 1.86. The Labute approximate surface area is 211 Å². The lowest BCUT2D eigenvalue weighted by Gasteiger charge is -2.31. The number of carbonyl (C=O) groups is 1. The number of ether oxygens (including phenoxy) is 3. The number of hydrogen-bond acceptors (Lipinski definition) is 5. The summed E-state index contributed by atoms with van der Waals surface area (Å²) < 4.78 is 16.5. The third-order valence-electron chi connectivity index (χ3n) is 6.26. The van der Waals surface area contributed by atoms with Gasteiger partial charge in [0, 0.05) is 31.0 Å². The molecule has 0 unspecified atom stereocenters. The first-order chi connectivity index (χ1) is 16.9. The topological polar surface area (TPSA) is 48.0 Å². The first-order valence-corrected chi connectivity index (χ1v) is 12.9. The molecule has 0 aromatic heterocycles. The van der Waals surface area contributed by atoms with E-state index in [4.69, 9.17) is 14.2 Å². The maximum absolute atomic E-state index is 12.4. The summed E-state index contributed by atoms with van der Waals surface area (Å²) in [7, 11) is 1.45. The van der Waals surface area contributed by atoms with Crippen LogP contribution in [0, 0.1) is 12.8 Å². The van der Waals surface area contributed by atoms with E-state index in [0.29, 0.717) is 19.1 Å². The van der Waals surface area contributed by atoms with E-state index in [9.17, 15) is 4.79 Å². The first-order valence-electron chi connectivity index (χ1n) is 12.9. The van der Waals surface area contributed by atoms with Crippen LogP contribution in [0.2, 0.25) is 0 Å². The number of benzene rings is 2. The summed E-state index contributed by atoms with van der Waals surface area (Å²) in [5.41, 5.74) is 6.48. The molecule has 0 aliphatic carbocycles. The molecule has 0 amide bonds. The van der Waals surface area contributed by atoms with Crippen LogP contribution in [0.5, 0.6) is 5.75 Å². The van der Waals surface area contributed by atoms with E-state index in [-0.39, 0.29) is 5.97 Å². The van der Waals surface area contributed by atoms with Gasteiger partial charge in [-0.2, -0.15) is 0 Å². The highest BCUT2D eigenvalue weighted by Gasteiger charge is 2.20. The summed E-state index contributed by atoms with van der Waals surface area (Å²) in [4.78, 5) is 14.9. The highest BCUT2D eigenvalue weighted by atomic mass is 16.5. The molecule has 5 nitrogen and oxygen atoms in total. The van der Waals surface area contributed by atoms with Gasteiger partial charge in [-0.1, -0.05) is 39.3 Å². The predicted octanol–water partition coefficient (Wildman–Crippen LogP) is 6.67. The van der Waals surface area contributed by atoms with Crippen LogP contribution in [0.1, 0.15) is 57.6 Å². The quantitative estimate of drug-likeness (QED) is 0.266. The number of carbonyl (C=O) groups excluding carboxylic acids is 1. The minimum Gasteiger partial charge on any atom is -0.491 e. The third-order valence-corrected chi connectivity index (χ3v) is 6.26. The Kier molecular flexibility index (Phi) is 10.2. The van der Waals surface area contributed by atoms with Crippen molar-refractivity contribution in [2.45, 2.75) is 53.4 Å². The Hall–Kier alpha value is -2.79. The summed E-state index contributed by atoms with van der Waals surface area (Å²) in [5.74, 6) is 1.15. The normalized spacial score (nSPS) is 15.1. The van der Waals surface area contributed by atoms with Crippen LogP contribution in [0.3, 0.4) is 0 Å². The number of methoxy groups -OCH3 is 1. The fourth-order valence-electron chi connectivity index (χ4n) is 4.47. The lowest BCUT2D eigenvalue weighted by atomic mass is 9.93. The van der Waals surface area contributed by atoms with E-state index in [0.717, 1.165) is 73.4 Å². The molecular formula is C30H41NO4. The van der Waals surface area contributed by atoms with Crippen LogP contribution in [0.4, 0.5) is 5.69 Å². The number of anilines is 1. The molecule has 0 atom stereocenters. The average molecular weight is 480 g/mol. The molecule has 1 heterocycles. The van der Waals surface area contributed by atoms with Gasteiger partial charge in [0.25, 0.3) is 0 Å². The molecule has 0 fully saturated rings. The fourth-order valence-corrected chi connectivity index (χ4v) is 4.47. The largest absolute Gasteiger partial charge is 0.491 e. The van der Waals surface area contributed by atoms with Gasteiger partial charge in [-0.3, -0.25) is 0 Å². The SMILES string of the molecule is CCCCOCCOc1ccc(-c2cc3c(cc2C)N(CC(C)C)CCC/C(C(=O)OC)=C\3)cc1. The predicted molar refractivity (Wildman–Crippen MR) is 144 cm³/mol.